The van der Waals surface area contributed by atoms with Crippen molar-refractivity contribution in [3.05, 3.63) is 72.3 Å². The number of amides is 1. The van der Waals surface area contributed by atoms with E-state index in [0.29, 0.717) is 18.9 Å². The van der Waals surface area contributed by atoms with Gasteiger partial charge in [-0.3, -0.25) is 4.79 Å². The standard InChI is InChI=1S/C24H27NO3/c1-3-7-19-12-14-21(15-13-19)27-17-16-25-24(26)18(2)28-23-11-6-9-20-8-4-5-10-22(20)23/h4-6,8-15,18H,3,7,16-17H2,1-2H3,(H,25,26)/t18-/m0/s1. The first-order chi connectivity index (χ1) is 13.7. The number of carbonyl (C=O) groups is 1. The number of fused-ring (bicyclic) bond motifs is 1. The molecule has 0 aliphatic carbocycles. The van der Waals surface area contributed by atoms with Gasteiger partial charge in [0.05, 0.1) is 6.54 Å². The summed E-state index contributed by atoms with van der Waals surface area (Å²) < 4.78 is 11.6. The van der Waals surface area contributed by atoms with Gasteiger partial charge in [-0.15, -0.1) is 0 Å². The second-order valence-corrected chi connectivity index (χ2v) is 6.77. The summed E-state index contributed by atoms with van der Waals surface area (Å²) >= 11 is 0. The van der Waals surface area contributed by atoms with Gasteiger partial charge < -0.3 is 14.8 Å². The van der Waals surface area contributed by atoms with E-state index in [9.17, 15) is 4.79 Å². The molecule has 0 radical (unpaired) electrons. The van der Waals surface area contributed by atoms with Crippen molar-refractivity contribution in [1.29, 1.82) is 0 Å². The first kappa shape index (κ1) is 19.7. The third-order valence-corrected chi connectivity index (χ3v) is 4.55. The van der Waals surface area contributed by atoms with Crippen LogP contribution in [0.3, 0.4) is 0 Å². The molecule has 28 heavy (non-hydrogen) atoms. The Bertz CT molecular complexity index is 900. The predicted molar refractivity (Wildman–Crippen MR) is 113 cm³/mol. The lowest BCUT2D eigenvalue weighted by molar-refractivity contribution is -0.127. The second kappa shape index (κ2) is 9.79. The van der Waals surface area contributed by atoms with Crippen molar-refractivity contribution < 1.29 is 14.3 Å². The molecule has 0 saturated heterocycles. The van der Waals surface area contributed by atoms with Crippen LogP contribution in [0.4, 0.5) is 0 Å². The van der Waals surface area contributed by atoms with Gasteiger partial charge in [0.2, 0.25) is 0 Å². The summed E-state index contributed by atoms with van der Waals surface area (Å²) in [6.45, 7) is 4.77. The number of hydrogen-bond donors (Lipinski definition) is 1. The normalized spacial score (nSPS) is 11.8. The molecule has 3 aromatic rings. The Labute approximate surface area is 166 Å². The van der Waals surface area contributed by atoms with Crippen LogP contribution in [0, 0.1) is 0 Å². The molecular weight excluding hydrogens is 350 g/mol. The molecular formula is C24H27NO3. The lowest BCUT2D eigenvalue weighted by Gasteiger charge is -2.16. The Morgan fingerprint density at radius 2 is 1.75 bits per heavy atom. The minimum Gasteiger partial charge on any atom is -0.492 e. The van der Waals surface area contributed by atoms with E-state index < -0.39 is 6.10 Å². The highest BCUT2D eigenvalue weighted by Gasteiger charge is 2.15. The van der Waals surface area contributed by atoms with Gasteiger partial charge in [-0.05, 0) is 42.5 Å². The third-order valence-electron chi connectivity index (χ3n) is 4.55. The van der Waals surface area contributed by atoms with Crippen molar-refractivity contribution in [2.75, 3.05) is 13.2 Å². The maximum atomic E-state index is 12.3. The van der Waals surface area contributed by atoms with Crippen molar-refractivity contribution in [2.45, 2.75) is 32.8 Å². The fourth-order valence-corrected chi connectivity index (χ4v) is 3.07. The van der Waals surface area contributed by atoms with Crippen molar-refractivity contribution in [2.24, 2.45) is 0 Å². The van der Waals surface area contributed by atoms with Crippen molar-refractivity contribution in [3.8, 4) is 11.5 Å². The number of carbonyl (C=O) groups excluding carboxylic acids is 1. The average molecular weight is 377 g/mol. The molecule has 0 unspecified atom stereocenters. The Balaban J connectivity index is 1.45. The topological polar surface area (TPSA) is 47.6 Å². The molecule has 0 aliphatic rings. The van der Waals surface area contributed by atoms with E-state index in [1.807, 2.05) is 54.6 Å². The van der Waals surface area contributed by atoms with Crippen LogP contribution in [0.25, 0.3) is 10.8 Å². The van der Waals surface area contributed by atoms with Gasteiger partial charge in [-0.2, -0.15) is 0 Å². The van der Waals surface area contributed by atoms with Gasteiger partial charge in [0.15, 0.2) is 6.10 Å². The van der Waals surface area contributed by atoms with Crippen LogP contribution >= 0.6 is 0 Å². The van der Waals surface area contributed by atoms with Crippen LogP contribution in [0.2, 0.25) is 0 Å². The maximum Gasteiger partial charge on any atom is 0.260 e. The van der Waals surface area contributed by atoms with E-state index in [0.717, 1.165) is 29.4 Å². The molecule has 0 fully saturated rings. The molecule has 4 nitrogen and oxygen atoms in total. The zero-order valence-corrected chi connectivity index (χ0v) is 16.5. The molecule has 0 bridgehead atoms. The molecule has 4 heteroatoms. The monoisotopic (exact) mass is 377 g/mol. The summed E-state index contributed by atoms with van der Waals surface area (Å²) in [6, 6.07) is 21.9. The summed E-state index contributed by atoms with van der Waals surface area (Å²) in [5.74, 6) is 1.37. The number of benzene rings is 3. The molecule has 0 spiro atoms. The van der Waals surface area contributed by atoms with Gasteiger partial charge in [0, 0.05) is 5.39 Å². The van der Waals surface area contributed by atoms with Crippen molar-refractivity contribution >= 4 is 16.7 Å². The lowest BCUT2D eigenvalue weighted by Crippen LogP contribution is -2.38. The largest absolute Gasteiger partial charge is 0.492 e. The zero-order valence-electron chi connectivity index (χ0n) is 16.5. The van der Waals surface area contributed by atoms with Gasteiger partial charge in [0.1, 0.15) is 18.1 Å². The van der Waals surface area contributed by atoms with E-state index in [1.165, 1.54) is 5.56 Å². The summed E-state index contributed by atoms with van der Waals surface area (Å²) in [7, 11) is 0. The highest BCUT2D eigenvalue weighted by Crippen LogP contribution is 2.26. The minimum absolute atomic E-state index is 0.158. The number of rotatable bonds is 9. The molecule has 3 rings (SSSR count). The molecule has 0 aliphatic heterocycles. The lowest BCUT2D eigenvalue weighted by atomic mass is 10.1. The van der Waals surface area contributed by atoms with E-state index in [1.54, 1.807) is 6.92 Å². The number of ether oxygens (including phenoxy) is 2. The van der Waals surface area contributed by atoms with E-state index >= 15 is 0 Å². The summed E-state index contributed by atoms with van der Waals surface area (Å²) in [6.07, 6.45) is 1.62. The summed E-state index contributed by atoms with van der Waals surface area (Å²) in [5, 5.41) is 4.95. The minimum atomic E-state index is -0.584. The van der Waals surface area contributed by atoms with Gasteiger partial charge >= 0.3 is 0 Å². The number of aryl methyl sites for hydroxylation is 1. The van der Waals surface area contributed by atoms with Gasteiger partial charge in [0.25, 0.3) is 5.91 Å². The van der Waals surface area contributed by atoms with Crippen LogP contribution in [0.1, 0.15) is 25.8 Å². The fraction of sp³-hybridized carbons (Fsp3) is 0.292. The van der Waals surface area contributed by atoms with Crippen LogP contribution in [0.15, 0.2) is 66.7 Å². The first-order valence-corrected chi connectivity index (χ1v) is 9.81. The van der Waals surface area contributed by atoms with Gasteiger partial charge in [-0.1, -0.05) is 61.9 Å². The van der Waals surface area contributed by atoms with Crippen LogP contribution in [-0.4, -0.2) is 25.2 Å². The van der Waals surface area contributed by atoms with E-state index in [2.05, 4.69) is 24.4 Å². The average Bonchev–Trinajstić information content (AvgIpc) is 2.72. The predicted octanol–water partition coefficient (Wildman–Crippen LogP) is 4.75. The quantitative estimate of drug-likeness (QED) is 0.547. The Hall–Kier alpha value is -3.01. The van der Waals surface area contributed by atoms with Crippen molar-refractivity contribution in [1.82, 2.24) is 5.32 Å². The molecule has 1 amide bonds. The van der Waals surface area contributed by atoms with Crippen molar-refractivity contribution in [3.63, 3.8) is 0 Å². The van der Waals surface area contributed by atoms with Gasteiger partial charge in [-0.25, -0.2) is 0 Å². The Morgan fingerprint density at radius 3 is 2.54 bits per heavy atom. The highest BCUT2D eigenvalue weighted by molar-refractivity contribution is 5.89. The molecule has 0 saturated carbocycles. The van der Waals surface area contributed by atoms with E-state index in [-0.39, 0.29) is 5.91 Å². The molecule has 146 valence electrons. The Kier molecular flexibility index (Phi) is 6.90. The zero-order chi connectivity index (χ0) is 19.8. The Morgan fingerprint density at radius 1 is 1.00 bits per heavy atom. The summed E-state index contributed by atoms with van der Waals surface area (Å²) in [4.78, 5) is 12.3. The SMILES string of the molecule is CCCc1ccc(OCCNC(=O)[C@H](C)Oc2cccc3ccccc23)cc1. The third kappa shape index (κ3) is 5.26. The maximum absolute atomic E-state index is 12.3. The number of nitrogens with one attached hydrogen (secondary N) is 1. The molecule has 3 aromatic carbocycles. The molecule has 0 aromatic heterocycles. The first-order valence-electron chi connectivity index (χ1n) is 9.81. The number of hydrogen-bond acceptors (Lipinski definition) is 3. The smallest absolute Gasteiger partial charge is 0.260 e. The van der Waals surface area contributed by atoms with E-state index in [4.69, 9.17) is 9.47 Å². The molecule has 0 heterocycles. The molecule has 1 atom stereocenters. The molecule has 1 N–H and O–H groups in total. The van der Waals surface area contributed by atoms with Crippen LogP contribution < -0.4 is 14.8 Å². The summed E-state index contributed by atoms with van der Waals surface area (Å²) in [5.41, 5.74) is 1.31. The van der Waals surface area contributed by atoms with Crippen LogP contribution in [-0.2, 0) is 11.2 Å². The second-order valence-electron chi connectivity index (χ2n) is 6.77. The fourth-order valence-electron chi connectivity index (χ4n) is 3.07. The highest BCUT2D eigenvalue weighted by atomic mass is 16.5. The van der Waals surface area contributed by atoms with Crippen LogP contribution in [0.5, 0.6) is 11.5 Å².